The first-order chi connectivity index (χ1) is 10.6. The average Bonchev–Trinajstić information content (AvgIpc) is 2.86. The third-order valence-corrected chi connectivity index (χ3v) is 5.49. The summed E-state index contributed by atoms with van der Waals surface area (Å²) in [5, 5.41) is 0.788. The number of hydrogen-bond acceptors (Lipinski definition) is 1. The molecular weight excluding hydrogens is 297 g/mol. The van der Waals surface area contributed by atoms with Crippen molar-refractivity contribution in [1.29, 1.82) is 0 Å². The van der Waals surface area contributed by atoms with Gasteiger partial charge in [-0.15, -0.1) is 0 Å². The summed E-state index contributed by atoms with van der Waals surface area (Å²) in [4.78, 5) is 2.42. The van der Waals surface area contributed by atoms with Gasteiger partial charge in [0, 0.05) is 24.0 Å². The molecule has 0 bridgehead atoms. The minimum atomic E-state index is -0.175. The molecule has 22 heavy (non-hydrogen) atoms. The first-order valence-electron chi connectivity index (χ1n) is 7.84. The first kappa shape index (κ1) is 14.2. The van der Waals surface area contributed by atoms with Gasteiger partial charge in [-0.3, -0.25) is 0 Å². The van der Waals surface area contributed by atoms with Crippen molar-refractivity contribution in [3.05, 3.63) is 70.0 Å². The highest BCUT2D eigenvalue weighted by Crippen LogP contribution is 2.47. The topological polar surface area (TPSA) is 3.24 Å². The maximum absolute atomic E-state index is 13.3. The molecule has 0 aromatic heterocycles. The second-order valence-electron chi connectivity index (χ2n) is 6.72. The summed E-state index contributed by atoms with van der Waals surface area (Å²) in [6.45, 7) is 2.24. The lowest BCUT2D eigenvalue weighted by molar-refractivity contribution is 0.351. The Bertz CT molecular complexity index is 697. The van der Waals surface area contributed by atoms with Crippen LogP contribution in [0.1, 0.15) is 22.6 Å². The van der Waals surface area contributed by atoms with E-state index in [0.29, 0.717) is 17.8 Å². The second kappa shape index (κ2) is 5.36. The van der Waals surface area contributed by atoms with E-state index < -0.39 is 0 Å². The van der Waals surface area contributed by atoms with Crippen LogP contribution in [0.5, 0.6) is 0 Å². The van der Waals surface area contributed by atoms with Crippen LogP contribution in [0.4, 0.5) is 4.39 Å². The van der Waals surface area contributed by atoms with Gasteiger partial charge in [0.15, 0.2) is 0 Å². The second-order valence-corrected chi connectivity index (χ2v) is 7.16. The van der Waals surface area contributed by atoms with E-state index in [0.717, 1.165) is 24.5 Å². The Morgan fingerprint density at radius 3 is 2.64 bits per heavy atom. The molecule has 3 unspecified atom stereocenters. The molecule has 2 aliphatic rings. The van der Waals surface area contributed by atoms with Gasteiger partial charge in [-0.25, -0.2) is 4.39 Å². The van der Waals surface area contributed by atoms with Gasteiger partial charge >= 0.3 is 0 Å². The Morgan fingerprint density at radius 1 is 1.09 bits per heavy atom. The van der Waals surface area contributed by atoms with Crippen LogP contribution in [-0.4, -0.2) is 25.0 Å². The van der Waals surface area contributed by atoms with Crippen LogP contribution in [0, 0.1) is 17.7 Å². The fraction of sp³-hybridized carbons (Fsp3) is 0.368. The first-order valence-corrected chi connectivity index (χ1v) is 8.22. The van der Waals surface area contributed by atoms with E-state index >= 15 is 0 Å². The predicted octanol–water partition coefficient (Wildman–Crippen LogP) is 4.34. The van der Waals surface area contributed by atoms with E-state index in [1.165, 1.54) is 16.7 Å². The lowest BCUT2D eigenvalue weighted by atomic mass is 9.68. The van der Waals surface area contributed by atoms with Crippen molar-refractivity contribution in [3.63, 3.8) is 0 Å². The highest BCUT2D eigenvalue weighted by molar-refractivity contribution is 6.30. The number of rotatable bonds is 1. The van der Waals surface area contributed by atoms with E-state index in [1.54, 1.807) is 12.1 Å². The summed E-state index contributed by atoms with van der Waals surface area (Å²) in [6, 6.07) is 13.3. The molecule has 2 aromatic carbocycles. The fourth-order valence-corrected chi connectivity index (χ4v) is 4.54. The summed E-state index contributed by atoms with van der Waals surface area (Å²) >= 11 is 6.26. The highest BCUT2D eigenvalue weighted by atomic mass is 35.5. The molecule has 2 aromatic rings. The Kier molecular flexibility index (Phi) is 3.47. The van der Waals surface area contributed by atoms with Crippen molar-refractivity contribution in [2.75, 3.05) is 20.1 Å². The van der Waals surface area contributed by atoms with Gasteiger partial charge in [0.1, 0.15) is 5.82 Å². The molecule has 114 valence electrons. The molecule has 1 saturated heterocycles. The van der Waals surface area contributed by atoms with Gasteiger partial charge in [-0.2, -0.15) is 0 Å². The van der Waals surface area contributed by atoms with E-state index in [1.807, 2.05) is 18.2 Å². The number of benzene rings is 2. The molecule has 0 saturated carbocycles. The maximum atomic E-state index is 13.3. The summed E-state index contributed by atoms with van der Waals surface area (Å²) in [7, 11) is 2.19. The minimum Gasteiger partial charge on any atom is -0.306 e. The zero-order valence-corrected chi connectivity index (χ0v) is 13.4. The van der Waals surface area contributed by atoms with E-state index in [2.05, 4.69) is 24.1 Å². The zero-order valence-electron chi connectivity index (χ0n) is 12.6. The molecule has 3 heteroatoms. The lowest BCUT2D eigenvalue weighted by Crippen LogP contribution is -2.29. The van der Waals surface area contributed by atoms with E-state index in [-0.39, 0.29) is 5.82 Å². The fourth-order valence-electron chi connectivity index (χ4n) is 4.36. The average molecular weight is 316 g/mol. The summed E-state index contributed by atoms with van der Waals surface area (Å²) in [5.74, 6) is 1.40. The lowest BCUT2D eigenvalue weighted by Gasteiger charge is -2.36. The molecule has 3 atom stereocenters. The predicted molar refractivity (Wildman–Crippen MR) is 87.9 cm³/mol. The summed E-state index contributed by atoms with van der Waals surface area (Å²) < 4.78 is 13.3. The van der Waals surface area contributed by atoms with Crippen molar-refractivity contribution in [1.82, 2.24) is 4.90 Å². The van der Waals surface area contributed by atoms with Crippen LogP contribution in [0.15, 0.2) is 42.5 Å². The largest absolute Gasteiger partial charge is 0.306 e. The Labute approximate surface area is 135 Å². The third kappa shape index (κ3) is 2.35. The van der Waals surface area contributed by atoms with Crippen LogP contribution in [-0.2, 0) is 6.42 Å². The third-order valence-electron chi connectivity index (χ3n) is 5.26. The van der Waals surface area contributed by atoms with Crippen LogP contribution in [0.2, 0.25) is 5.02 Å². The highest BCUT2D eigenvalue weighted by Gasteiger charge is 2.42. The molecule has 4 rings (SSSR count). The van der Waals surface area contributed by atoms with Crippen molar-refractivity contribution in [2.24, 2.45) is 11.8 Å². The van der Waals surface area contributed by atoms with Crippen LogP contribution < -0.4 is 0 Å². The van der Waals surface area contributed by atoms with Gasteiger partial charge in [-0.1, -0.05) is 29.8 Å². The van der Waals surface area contributed by atoms with Crippen LogP contribution in [0.3, 0.4) is 0 Å². The molecule has 1 aliphatic heterocycles. The smallest absolute Gasteiger partial charge is 0.123 e. The SMILES string of the molecule is CN1CC2Cc3ccc(Cl)cc3C(c3ccc(F)cc3)C2C1. The van der Waals surface area contributed by atoms with E-state index in [9.17, 15) is 4.39 Å². The molecule has 0 amide bonds. The number of hydrogen-bond donors (Lipinski definition) is 0. The standard InChI is InChI=1S/C19H19ClFN/c1-22-10-14-8-13-2-5-15(20)9-17(13)19(18(14)11-22)12-3-6-16(21)7-4-12/h2-7,9,14,18-19H,8,10-11H2,1H3. The van der Waals surface area contributed by atoms with Gasteiger partial charge < -0.3 is 4.90 Å². The van der Waals surface area contributed by atoms with Gasteiger partial charge in [0.05, 0.1) is 0 Å². The van der Waals surface area contributed by atoms with Crippen molar-refractivity contribution >= 4 is 11.6 Å². The Balaban J connectivity index is 1.85. The molecule has 0 radical (unpaired) electrons. The number of nitrogens with zero attached hydrogens (tertiary/aromatic N) is 1. The molecule has 1 fully saturated rings. The molecular formula is C19H19ClFN. The summed E-state index contributed by atoms with van der Waals surface area (Å²) in [6.07, 6.45) is 1.12. The Morgan fingerprint density at radius 2 is 1.86 bits per heavy atom. The maximum Gasteiger partial charge on any atom is 0.123 e. The quantitative estimate of drug-likeness (QED) is 0.756. The number of halogens is 2. The minimum absolute atomic E-state index is 0.175. The van der Waals surface area contributed by atoms with Crippen molar-refractivity contribution in [2.45, 2.75) is 12.3 Å². The Hall–Kier alpha value is -1.38. The molecule has 1 aliphatic carbocycles. The summed E-state index contributed by atoms with van der Waals surface area (Å²) in [5.41, 5.74) is 3.93. The van der Waals surface area contributed by atoms with Gasteiger partial charge in [-0.05, 0) is 66.3 Å². The van der Waals surface area contributed by atoms with E-state index in [4.69, 9.17) is 11.6 Å². The normalized spacial score (nSPS) is 27.5. The van der Waals surface area contributed by atoms with Gasteiger partial charge in [0.25, 0.3) is 0 Å². The van der Waals surface area contributed by atoms with Crippen LogP contribution >= 0.6 is 11.6 Å². The number of fused-ring (bicyclic) bond motifs is 2. The zero-order chi connectivity index (χ0) is 15.3. The van der Waals surface area contributed by atoms with Crippen molar-refractivity contribution in [3.8, 4) is 0 Å². The molecule has 0 spiro atoms. The molecule has 1 nitrogen and oxygen atoms in total. The van der Waals surface area contributed by atoms with Crippen LogP contribution in [0.25, 0.3) is 0 Å². The van der Waals surface area contributed by atoms with Gasteiger partial charge in [0.2, 0.25) is 0 Å². The monoisotopic (exact) mass is 315 g/mol. The number of likely N-dealkylation sites (tertiary alicyclic amines) is 1. The molecule has 1 heterocycles. The molecule has 0 N–H and O–H groups in total. The van der Waals surface area contributed by atoms with Crippen molar-refractivity contribution < 1.29 is 4.39 Å².